The molecule has 0 spiro atoms. The maximum Gasteiger partial charge on any atom is 0.105 e. The van der Waals surface area contributed by atoms with E-state index in [1.807, 2.05) is 13.8 Å². The first-order valence-electron chi connectivity index (χ1n) is 6.25. The smallest absolute Gasteiger partial charge is 0.105 e. The van der Waals surface area contributed by atoms with Crippen molar-refractivity contribution in [2.24, 2.45) is 0 Å². The minimum atomic E-state index is 0.316. The van der Waals surface area contributed by atoms with Crippen LogP contribution < -0.4 is 0 Å². The van der Waals surface area contributed by atoms with Gasteiger partial charge in [-0.3, -0.25) is 0 Å². The van der Waals surface area contributed by atoms with E-state index in [1.54, 1.807) is 0 Å². The molecular weight excluding hydrogens is 288 g/mol. The second-order valence-electron chi connectivity index (χ2n) is 4.85. The van der Waals surface area contributed by atoms with Crippen LogP contribution in [0.15, 0.2) is 28.7 Å². The first-order chi connectivity index (χ1) is 8.50. The monoisotopic (exact) mass is 306 g/mol. The van der Waals surface area contributed by atoms with Gasteiger partial charge in [0.15, 0.2) is 0 Å². The fourth-order valence-electron chi connectivity index (χ4n) is 2.40. The molecule has 0 aliphatic carbocycles. The summed E-state index contributed by atoms with van der Waals surface area (Å²) in [6, 6.07) is 8.54. The van der Waals surface area contributed by atoms with Gasteiger partial charge in [-0.25, -0.2) is 0 Å². The Morgan fingerprint density at radius 1 is 1.06 bits per heavy atom. The number of alkyl halides is 1. The molecule has 2 aromatic rings. The van der Waals surface area contributed by atoms with Crippen LogP contribution in [0.3, 0.4) is 0 Å². The van der Waals surface area contributed by atoms with E-state index in [0.29, 0.717) is 4.83 Å². The van der Waals surface area contributed by atoms with Crippen molar-refractivity contribution in [3.8, 4) is 0 Å². The lowest BCUT2D eigenvalue weighted by Gasteiger charge is -2.12. The molecule has 2 rings (SSSR count). The molecule has 1 nitrogen and oxygen atoms in total. The minimum absolute atomic E-state index is 0.316. The van der Waals surface area contributed by atoms with Crippen LogP contribution in [0.25, 0.3) is 0 Å². The summed E-state index contributed by atoms with van der Waals surface area (Å²) in [6.45, 7) is 8.36. The van der Waals surface area contributed by atoms with Crippen LogP contribution in [-0.4, -0.2) is 0 Å². The Bertz CT molecular complexity index is 554. The summed E-state index contributed by atoms with van der Waals surface area (Å²) in [5, 5.41) is 0. The van der Waals surface area contributed by atoms with Gasteiger partial charge < -0.3 is 4.42 Å². The average Bonchev–Trinajstić information content (AvgIpc) is 2.56. The lowest BCUT2D eigenvalue weighted by Crippen LogP contribution is -1.99. The number of aryl methyl sites for hydroxylation is 3. The number of hydrogen-bond acceptors (Lipinski definition) is 1. The Morgan fingerprint density at radius 3 is 2.28 bits per heavy atom. The minimum Gasteiger partial charge on any atom is -0.466 e. The van der Waals surface area contributed by atoms with E-state index in [-0.39, 0.29) is 0 Å². The van der Waals surface area contributed by atoms with Gasteiger partial charge in [-0.15, -0.1) is 0 Å². The lowest BCUT2D eigenvalue weighted by atomic mass is 9.98. The summed E-state index contributed by atoms with van der Waals surface area (Å²) < 4.78 is 5.70. The second-order valence-corrected chi connectivity index (χ2v) is 5.96. The van der Waals surface area contributed by atoms with Crippen molar-refractivity contribution < 1.29 is 4.42 Å². The number of rotatable bonds is 3. The molecule has 0 amide bonds. The number of hydrogen-bond donors (Lipinski definition) is 0. The van der Waals surface area contributed by atoms with Crippen molar-refractivity contribution in [1.29, 1.82) is 0 Å². The molecule has 0 radical (unpaired) electrons. The van der Waals surface area contributed by atoms with Crippen LogP contribution in [0.4, 0.5) is 0 Å². The van der Waals surface area contributed by atoms with Crippen molar-refractivity contribution in [2.75, 3.05) is 0 Å². The standard InChI is InChI=1S/C16H19BrO/c1-10-7-5-6-8-14(10)9-15(17)16-11(2)12(3)18-13(16)4/h5-8,15H,9H2,1-4H3. The van der Waals surface area contributed by atoms with Crippen LogP contribution in [0.5, 0.6) is 0 Å². The molecule has 0 N–H and O–H groups in total. The Kier molecular flexibility index (Phi) is 3.96. The van der Waals surface area contributed by atoms with E-state index in [1.165, 1.54) is 22.3 Å². The van der Waals surface area contributed by atoms with Crippen molar-refractivity contribution in [3.05, 3.63) is 58.0 Å². The predicted octanol–water partition coefficient (Wildman–Crippen LogP) is 5.19. The molecule has 2 heteroatoms. The van der Waals surface area contributed by atoms with Gasteiger partial charge in [0.1, 0.15) is 11.5 Å². The molecule has 0 bridgehead atoms. The number of benzene rings is 1. The van der Waals surface area contributed by atoms with Crippen LogP contribution >= 0.6 is 15.9 Å². The molecule has 18 heavy (non-hydrogen) atoms. The highest BCUT2D eigenvalue weighted by Crippen LogP contribution is 2.35. The highest BCUT2D eigenvalue weighted by molar-refractivity contribution is 9.09. The van der Waals surface area contributed by atoms with E-state index in [9.17, 15) is 0 Å². The predicted molar refractivity (Wildman–Crippen MR) is 79.5 cm³/mol. The van der Waals surface area contributed by atoms with Gasteiger partial charge in [-0.2, -0.15) is 0 Å². The zero-order chi connectivity index (χ0) is 13.3. The first kappa shape index (κ1) is 13.4. The topological polar surface area (TPSA) is 13.1 Å². The van der Waals surface area contributed by atoms with E-state index < -0.39 is 0 Å². The lowest BCUT2D eigenvalue weighted by molar-refractivity contribution is 0.499. The molecule has 0 saturated heterocycles. The summed E-state index contributed by atoms with van der Waals surface area (Å²) in [4.78, 5) is 0.316. The van der Waals surface area contributed by atoms with Gasteiger partial charge in [0.25, 0.3) is 0 Å². The third-order valence-electron chi connectivity index (χ3n) is 3.59. The normalized spacial score (nSPS) is 12.7. The second kappa shape index (κ2) is 5.31. The third kappa shape index (κ3) is 2.54. The highest BCUT2D eigenvalue weighted by Gasteiger charge is 2.19. The Morgan fingerprint density at radius 2 is 1.72 bits per heavy atom. The summed E-state index contributed by atoms with van der Waals surface area (Å²) in [5.74, 6) is 2.05. The van der Waals surface area contributed by atoms with E-state index in [0.717, 1.165) is 17.9 Å². The molecule has 1 aromatic heterocycles. The molecule has 0 aliphatic heterocycles. The fourth-order valence-corrected chi connectivity index (χ4v) is 3.42. The summed E-state index contributed by atoms with van der Waals surface area (Å²) in [7, 11) is 0. The van der Waals surface area contributed by atoms with E-state index in [4.69, 9.17) is 4.42 Å². The SMILES string of the molecule is Cc1ccccc1CC(Br)c1c(C)oc(C)c1C. The van der Waals surface area contributed by atoms with Gasteiger partial charge in [0.05, 0.1) is 0 Å². The Hall–Kier alpha value is -1.02. The molecule has 0 fully saturated rings. The van der Waals surface area contributed by atoms with Gasteiger partial charge >= 0.3 is 0 Å². The van der Waals surface area contributed by atoms with Crippen molar-refractivity contribution in [2.45, 2.75) is 38.9 Å². The largest absolute Gasteiger partial charge is 0.466 e. The van der Waals surface area contributed by atoms with Gasteiger partial charge in [0, 0.05) is 10.4 Å². The van der Waals surface area contributed by atoms with Crippen LogP contribution in [0, 0.1) is 27.7 Å². The van der Waals surface area contributed by atoms with Gasteiger partial charge in [0.2, 0.25) is 0 Å². The van der Waals surface area contributed by atoms with Crippen LogP contribution in [0.1, 0.15) is 38.6 Å². The molecular formula is C16H19BrO. The number of halogens is 1. The molecule has 1 unspecified atom stereocenters. The zero-order valence-corrected chi connectivity index (χ0v) is 13.0. The molecule has 1 aromatic carbocycles. The molecule has 0 saturated carbocycles. The van der Waals surface area contributed by atoms with Crippen LogP contribution in [-0.2, 0) is 6.42 Å². The fraction of sp³-hybridized carbons (Fsp3) is 0.375. The third-order valence-corrected chi connectivity index (χ3v) is 4.37. The van der Waals surface area contributed by atoms with Crippen LogP contribution in [0.2, 0.25) is 0 Å². The molecule has 1 atom stereocenters. The number of furan rings is 1. The summed E-state index contributed by atoms with van der Waals surface area (Å²) in [6.07, 6.45) is 0.993. The summed E-state index contributed by atoms with van der Waals surface area (Å²) >= 11 is 3.81. The Labute approximate surface area is 117 Å². The van der Waals surface area contributed by atoms with Crippen molar-refractivity contribution >= 4 is 15.9 Å². The van der Waals surface area contributed by atoms with Crippen molar-refractivity contribution in [1.82, 2.24) is 0 Å². The van der Waals surface area contributed by atoms with E-state index >= 15 is 0 Å². The Balaban J connectivity index is 2.28. The first-order valence-corrected chi connectivity index (χ1v) is 7.17. The maximum absolute atomic E-state index is 5.70. The van der Waals surface area contributed by atoms with E-state index in [2.05, 4.69) is 54.0 Å². The molecule has 0 aliphatic rings. The summed E-state index contributed by atoms with van der Waals surface area (Å²) in [5.41, 5.74) is 5.30. The molecule has 1 heterocycles. The zero-order valence-electron chi connectivity index (χ0n) is 11.4. The average molecular weight is 307 g/mol. The van der Waals surface area contributed by atoms with Gasteiger partial charge in [-0.05, 0) is 50.8 Å². The quantitative estimate of drug-likeness (QED) is 0.711. The highest BCUT2D eigenvalue weighted by atomic mass is 79.9. The van der Waals surface area contributed by atoms with Gasteiger partial charge in [-0.1, -0.05) is 40.2 Å². The molecule has 96 valence electrons. The maximum atomic E-state index is 5.70. The van der Waals surface area contributed by atoms with Crippen molar-refractivity contribution in [3.63, 3.8) is 0 Å².